The van der Waals surface area contributed by atoms with Crippen LogP contribution in [0.3, 0.4) is 0 Å². The number of ether oxygens (including phenoxy) is 1. The smallest absolute Gasteiger partial charge is 0.191 e. The molecule has 4 rings (SSSR count). The van der Waals surface area contributed by atoms with Gasteiger partial charge in [0.25, 0.3) is 0 Å². The number of aromatic nitrogens is 4. The molecule has 2 aromatic heterocycles. The number of hydrogen-bond acceptors (Lipinski definition) is 5. The number of hydrogen-bond donors (Lipinski definition) is 1. The summed E-state index contributed by atoms with van der Waals surface area (Å²) < 4.78 is 7.11. The Morgan fingerprint density at radius 3 is 2.64 bits per heavy atom. The molecule has 0 fully saturated rings. The summed E-state index contributed by atoms with van der Waals surface area (Å²) in [7, 11) is 3.54. The van der Waals surface area contributed by atoms with Crippen LogP contribution in [0.1, 0.15) is 17.3 Å². The van der Waals surface area contributed by atoms with Gasteiger partial charge in [0.2, 0.25) is 0 Å². The number of nitrogens with zero attached hydrogens (tertiary/aromatic N) is 3. The van der Waals surface area contributed by atoms with Gasteiger partial charge < -0.3 is 14.3 Å². The number of H-pyrrole nitrogens is 1. The molecule has 28 heavy (non-hydrogen) atoms. The summed E-state index contributed by atoms with van der Waals surface area (Å²) in [5, 5.41) is 9.94. The number of rotatable bonds is 6. The number of fused-ring (bicyclic) bond motifs is 1. The lowest BCUT2D eigenvalue weighted by Crippen LogP contribution is -2.14. The first-order chi connectivity index (χ1) is 13.6. The summed E-state index contributed by atoms with van der Waals surface area (Å²) in [6.45, 7) is 1.90. The Kier molecular flexibility index (Phi) is 4.92. The van der Waals surface area contributed by atoms with Gasteiger partial charge in [-0.1, -0.05) is 30.0 Å². The summed E-state index contributed by atoms with van der Waals surface area (Å²) >= 11 is 1.41. The van der Waals surface area contributed by atoms with Gasteiger partial charge >= 0.3 is 0 Å². The van der Waals surface area contributed by atoms with Crippen molar-refractivity contribution in [1.82, 2.24) is 19.7 Å². The highest BCUT2D eigenvalue weighted by Gasteiger charge is 2.22. The number of carbonyl (C=O) groups excluding carboxylic acids is 1. The first-order valence-corrected chi connectivity index (χ1v) is 9.77. The van der Waals surface area contributed by atoms with Crippen molar-refractivity contribution < 1.29 is 9.53 Å². The Balaban J connectivity index is 1.55. The van der Waals surface area contributed by atoms with Crippen LogP contribution in [0, 0.1) is 0 Å². The third-order valence-corrected chi connectivity index (χ3v) is 5.82. The molecule has 0 aliphatic carbocycles. The van der Waals surface area contributed by atoms with Crippen LogP contribution in [-0.4, -0.2) is 37.9 Å². The standard InChI is InChI=1S/C21H20N4O2S/c1-13(19(26)17-12-22-18-7-5-4-6-16(17)18)28-21-24-23-20(25(21)2)14-8-10-15(27-3)11-9-14/h4-13,22H,1-3H3. The van der Waals surface area contributed by atoms with Gasteiger partial charge in [0.05, 0.1) is 12.4 Å². The molecule has 1 N–H and O–H groups in total. The lowest BCUT2D eigenvalue weighted by Gasteiger charge is -2.10. The predicted octanol–water partition coefficient (Wildman–Crippen LogP) is 4.34. The van der Waals surface area contributed by atoms with Crippen molar-refractivity contribution in [1.29, 1.82) is 0 Å². The number of carbonyl (C=O) groups is 1. The van der Waals surface area contributed by atoms with Crippen molar-refractivity contribution in [2.45, 2.75) is 17.3 Å². The molecular formula is C21H20N4O2S. The minimum atomic E-state index is -0.286. The van der Waals surface area contributed by atoms with Crippen molar-refractivity contribution in [2.75, 3.05) is 7.11 Å². The third-order valence-electron chi connectivity index (χ3n) is 4.69. The van der Waals surface area contributed by atoms with E-state index in [0.29, 0.717) is 10.7 Å². The molecule has 0 radical (unpaired) electrons. The molecule has 1 atom stereocenters. The molecule has 142 valence electrons. The van der Waals surface area contributed by atoms with Crippen molar-refractivity contribution in [2.24, 2.45) is 7.05 Å². The molecule has 6 nitrogen and oxygen atoms in total. The van der Waals surface area contributed by atoms with Gasteiger partial charge in [-0.15, -0.1) is 10.2 Å². The van der Waals surface area contributed by atoms with Crippen molar-refractivity contribution in [3.05, 3.63) is 60.3 Å². The van der Waals surface area contributed by atoms with Gasteiger partial charge in [-0.3, -0.25) is 4.79 Å². The molecule has 0 bridgehead atoms. The number of thioether (sulfide) groups is 1. The molecule has 4 aromatic rings. The van der Waals surface area contributed by atoms with E-state index in [1.54, 1.807) is 13.3 Å². The summed E-state index contributed by atoms with van der Waals surface area (Å²) in [5.41, 5.74) is 2.61. The first kappa shape index (κ1) is 18.3. The maximum absolute atomic E-state index is 13.0. The van der Waals surface area contributed by atoms with E-state index in [-0.39, 0.29) is 11.0 Å². The number of benzene rings is 2. The molecule has 1 unspecified atom stereocenters. The zero-order valence-corrected chi connectivity index (χ0v) is 16.7. The largest absolute Gasteiger partial charge is 0.497 e. The van der Waals surface area contributed by atoms with E-state index in [9.17, 15) is 4.79 Å². The molecule has 2 aromatic carbocycles. The van der Waals surface area contributed by atoms with Crippen LogP contribution in [0.5, 0.6) is 5.75 Å². The van der Waals surface area contributed by atoms with Crippen LogP contribution >= 0.6 is 11.8 Å². The molecule has 0 saturated heterocycles. The van der Waals surface area contributed by atoms with Crippen LogP contribution in [0.4, 0.5) is 0 Å². The van der Waals surface area contributed by atoms with E-state index in [4.69, 9.17) is 4.74 Å². The average Bonchev–Trinajstić information content (AvgIpc) is 3.31. The quantitative estimate of drug-likeness (QED) is 0.390. The lowest BCUT2D eigenvalue weighted by molar-refractivity contribution is 0.0995. The Hall–Kier alpha value is -3.06. The number of methoxy groups -OCH3 is 1. The van der Waals surface area contributed by atoms with Crippen molar-refractivity contribution >= 4 is 28.4 Å². The molecule has 7 heteroatoms. The fourth-order valence-corrected chi connectivity index (χ4v) is 4.00. The second-order valence-electron chi connectivity index (χ2n) is 6.47. The highest BCUT2D eigenvalue weighted by molar-refractivity contribution is 8.00. The Bertz CT molecular complexity index is 1130. The van der Waals surface area contributed by atoms with E-state index < -0.39 is 0 Å². The van der Waals surface area contributed by atoms with Gasteiger partial charge in [0.15, 0.2) is 16.8 Å². The van der Waals surface area contributed by atoms with Gasteiger partial charge in [-0.2, -0.15) is 0 Å². The maximum Gasteiger partial charge on any atom is 0.191 e. The van der Waals surface area contributed by atoms with E-state index in [1.165, 1.54) is 11.8 Å². The lowest BCUT2D eigenvalue weighted by atomic mass is 10.1. The predicted molar refractivity (Wildman–Crippen MR) is 111 cm³/mol. The van der Waals surface area contributed by atoms with E-state index in [0.717, 1.165) is 28.0 Å². The first-order valence-electron chi connectivity index (χ1n) is 8.89. The molecule has 0 aliphatic rings. The van der Waals surface area contributed by atoms with Gasteiger partial charge in [-0.25, -0.2) is 0 Å². The third kappa shape index (κ3) is 3.29. The summed E-state index contributed by atoms with van der Waals surface area (Å²) in [5.74, 6) is 1.60. The molecule has 0 spiro atoms. The van der Waals surface area contributed by atoms with Gasteiger partial charge in [0, 0.05) is 35.3 Å². The summed E-state index contributed by atoms with van der Waals surface area (Å²) in [6.07, 6.45) is 1.78. The molecule has 0 amide bonds. The van der Waals surface area contributed by atoms with Gasteiger partial charge in [0.1, 0.15) is 5.75 Å². The van der Waals surface area contributed by atoms with Crippen molar-refractivity contribution in [3.8, 4) is 17.1 Å². The average molecular weight is 392 g/mol. The van der Waals surface area contributed by atoms with Crippen LogP contribution in [0.15, 0.2) is 59.9 Å². The fourth-order valence-electron chi connectivity index (χ4n) is 3.11. The normalized spacial score (nSPS) is 12.2. The number of ketones is 1. The molecule has 0 saturated carbocycles. The zero-order chi connectivity index (χ0) is 19.7. The summed E-state index contributed by atoms with van der Waals surface area (Å²) in [6, 6.07) is 15.5. The minimum Gasteiger partial charge on any atom is -0.497 e. The minimum absolute atomic E-state index is 0.0662. The topological polar surface area (TPSA) is 72.8 Å². The van der Waals surface area contributed by atoms with Crippen LogP contribution in [0.2, 0.25) is 0 Å². The van der Waals surface area contributed by atoms with E-state index >= 15 is 0 Å². The Labute approximate surface area is 166 Å². The maximum atomic E-state index is 13.0. The zero-order valence-electron chi connectivity index (χ0n) is 15.8. The second-order valence-corrected chi connectivity index (χ2v) is 7.77. The molecule has 2 heterocycles. The Morgan fingerprint density at radius 2 is 1.89 bits per heavy atom. The Morgan fingerprint density at radius 1 is 1.14 bits per heavy atom. The van der Waals surface area contributed by atoms with Crippen LogP contribution in [0.25, 0.3) is 22.3 Å². The van der Waals surface area contributed by atoms with Gasteiger partial charge in [-0.05, 0) is 37.3 Å². The molecular weight excluding hydrogens is 372 g/mol. The highest BCUT2D eigenvalue weighted by atomic mass is 32.2. The van der Waals surface area contributed by atoms with Crippen LogP contribution in [-0.2, 0) is 7.05 Å². The number of nitrogens with one attached hydrogen (secondary N) is 1. The molecule has 0 aliphatic heterocycles. The number of para-hydroxylation sites is 1. The number of aromatic amines is 1. The second kappa shape index (κ2) is 7.52. The van der Waals surface area contributed by atoms with E-state index in [2.05, 4.69) is 15.2 Å². The SMILES string of the molecule is COc1ccc(-c2nnc(SC(C)C(=O)c3c[nH]c4ccccc34)n2C)cc1. The number of Topliss-reactive ketones (excluding diaryl/α,β-unsaturated/α-hetero) is 1. The summed E-state index contributed by atoms with van der Waals surface area (Å²) in [4.78, 5) is 16.1. The van der Waals surface area contributed by atoms with Crippen LogP contribution < -0.4 is 4.74 Å². The monoisotopic (exact) mass is 392 g/mol. The fraction of sp³-hybridized carbons (Fsp3) is 0.190. The van der Waals surface area contributed by atoms with Crippen molar-refractivity contribution in [3.63, 3.8) is 0 Å². The van der Waals surface area contributed by atoms with E-state index in [1.807, 2.05) is 67.1 Å². The highest BCUT2D eigenvalue weighted by Crippen LogP contribution is 2.29.